The highest BCUT2D eigenvalue weighted by atomic mass is 32.1. The molecule has 0 unspecified atom stereocenters. The first-order valence-electron chi connectivity index (χ1n) is 9.65. The third-order valence-electron chi connectivity index (χ3n) is 4.78. The minimum Gasteiger partial charge on any atom is -0.465 e. The molecule has 10 heteroatoms. The molecule has 160 valence electrons. The van der Waals surface area contributed by atoms with Gasteiger partial charge in [0.15, 0.2) is 27.8 Å². The van der Waals surface area contributed by atoms with Crippen molar-refractivity contribution in [3.05, 3.63) is 40.7 Å². The summed E-state index contributed by atoms with van der Waals surface area (Å²) in [6.45, 7) is 2.26. The number of hydrogen-bond donors (Lipinski definition) is 0. The second kappa shape index (κ2) is 7.95. The number of hydrogen-bond acceptors (Lipinski definition) is 8. The molecule has 0 saturated carbocycles. The smallest absolute Gasteiger partial charge is 0.326 e. The molecule has 1 amide bonds. The summed E-state index contributed by atoms with van der Waals surface area (Å²) in [6, 6.07) is 8.96. The Hall–Kier alpha value is -3.53. The number of esters is 1. The topological polar surface area (TPSA) is 97.6 Å². The van der Waals surface area contributed by atoms with Crippen LogP contribution in [0.15, 0.2) is 35.3 Å². The van der Waals surface area contributed by atoms with Gasteiger partial charge in [-0.3, -0.25) is 9.59 Å². The van der Waals surface area contributed by atoms with E-state index in [1.54, 1.807) is 35.8 Å². The average molecular weight is 442 g/mol. The van der Waals surface area contributed by atoms with E-state index >= 15 is 0 Å². The minimum atomic E-state index is -0.412. The fourth-order valence-corrected chi connectivity index (χ4v) is 4.46. The Bertz CT molecular complexity index is 1260. The predicted octanol–water partition coefficient (Wildman–Crippen LogP) is 2.39. The highest BCUT2D eigenvalue weighted by Gasteiger charge is 2.20. The zero-order valence-electron chi connectivity index (χ0n) is 16.6. The van der Waals surface area contributed by atoms with E-state index in [2.05, 4.69) is 4.99 Å². The molecular weight excluding hydrogens is 424 g/mol. The second-order valence-electron chi connectivity index (χ2n) is 6.82. The van der Waals surface area contributed by atoms with E-state index < -0.39 is 5.97 Å². The zero-order chi connectivity index (χ0) is 21.4. The van der Waals surface area contributed by atoms with E-state index in [-0.39, 0.29) is 39.1 Å². The minimum absolute atomic E-state index is 0.0659. The van der Waals surface area contributed by atoms with Crippen LogP contribution in [0.3, 0.4) is 0 Å². The van der Waals surface area contributed by atoms with Gasteiger partial charge in [0, 0.05) is 12.1 Å². The van der Waals surface area contributed by atoms with E-state index in [0.29, 0.717) is 27.8 Å². The zero-order valence-corrected chi connectivity index (χ0v) is 17.4. The third kappa shape index (κ3) is 3.81. The highest BCUT2D eigenvalue weighted by Crippen LogP contribution is 2.37. The Kier molecular flexibility index (Phi) is 4.99. The summed E-state index contributed by atoms with van der Waals surface area (Å²) in [7, 11) is 0. The van der Waals surface area contributed by atoms with E-state index in [4.69, 9.17) is 23.7 Å². The summed E-state index contributed by atoms with van der Waals surface area (Å²) in [5.41, 5.74) is 1.48. The fraction of sp³-hybridized carbons (Fsp3) is 0.286. The summed E-state index contributed by atoms with van der Waals surface area (Å²) in [6.07, 6.45) is 0.0903. The Morgan fingerprint density at radius 2 is 1.74 bits per heavy atom. The maximum absolute atomic E-state index is 12.7. The lowest BCUT2D eigenvalue weighted by Crippen LogP contribution is -2.23. The molecule has 0 saturated heterocycles. The van der Waals surface area contributed by atoms with Crippen molar-refractivity contribution < 1.29 is 33.3 Å². The summed E-state index contributed by atoms with van der Waals surface area (Å²) in [4.78, 5) is 29.6. The largest absolute Gasteiger partial charge is 0.465 e. The summed E-state index contributed by atoms with van der Waals surface area (Å²) in [5.74, 6) is 1.71. The van der Waals surface area contributed by atoms with Crippen molar-refractivity contribution in [2.45, 2.75) is 19.9 Å². The van der Waals surface area contributed by atoms with E-state index in [9.17, 15) is 9.59 Å². The lowest BCUT2D eigenvalue weighted by molar-refractivity contribution is -0.143. The van der Waals surface area contributed by atoms with Gasteiger partial charge < -0.3 is 28.3 Å². The number of ether oxygens (including phenoxy) is 5. The van der Waals surface area contributed by atoms with Crippen molar-refractivity contribution in [3.63, 3.8) is 0 Å². The molecule has 9 nitrogen and oxygen atoms in total. The van der Waals surface area contributed by atoms with Crippen LogP contribution in [0.4, 0.5) is 0 Å². The SMILES string of the molecule is CCOC(=O)Cn1c(=NC(=O)Cc2ccc3c(c2)OCO3)sc2cc3c(cc21)OCO3. The molecule has 3 heterocycles. The highest BCUT2D eigenvalue weighted by molar-refractivity contribution is 7.16. The van der Waals surface area contributed by atoms with Crippen LogP contribution in [0.25, 0.3) is 10.2 Å². The average Bonchev–Trinajstić information content (AvgIpc) is 3.45. The van der Waals surface area contributed by atoms with Gasteiger partial charge in [-0.2, -0.15) is 4.99 Å². The van der Waals surface area contributed by atoms with Crippen molar-refractivity contribution in [1.82, 2.24) is 4.57 Å². The number of carbonyl (C=O) groups excluding carboxylic acids is 2. The maximum Gasteiger partial charge on any atom is 0.326 e. The number of benzene rings is 2. The molecule has 0 aliphatic carbocycles. The summed E-state index contributed by atoms with van der Waals surface area (Å²) in [5, 5.41) is 0. The second-order valence-corrected chi connectivity index (χ2v) is 7.83. The molecule has 0 spiro atoms. The lowest BCUT2D eigenvalue weighted by Gasteiger charge is -2.06. The van der Waals surface area contributed by atoms with Crippen molar-refractivity contribution >= 4 is 33.4 Å². The number of thiazole rings is 1. The molecule has 2 aliphatic heterocycles. The van der Waals surface area contributed by atoms with E-state index in [0.717, 1.165) is 15.8 Å². The normalized spacial score (nSPS) is 14.3. The van der Waals surface area contributed by atoms with Gasteiger partial charge in [-0.15, -0.1) is 0 Å². The Morgan fingerprint density at radius 3 is 2.52 bits per heavy atom. The van der Waals surface area contributed by atoms with Gasteiger partial charge in [-0.1, -0.05) is 17.4 Å². The van der Waals surface area contributed by atoms with Gasteiger partial charge in [0.1, 0.15) is 6.54 Å². The predicted molar refractivity (Wildman–Crippen MR) is 109 cm³/mol. The molecule has 3 aromatic rings. The van der Waals surface area contributed by atoms with E-state index in [1.165, 1.54) is 11.3 Å². The van der Waals surface area contributed by atoms with E-state index in [1.807, 2.05) is 6.07 Å². The van der Waals surface area contributed by atoms with Gasteiger partial charge in [0.2, 0.25) is 13.6 Å². The van der Waals surface area contributed by atoms with Gasteiger partial charge in [-0.05, 0) is 24.6 Å². The third-order valence-corrected chi connectivity index (χ3v) is 5.82. The number of aromatic nitrogens is 1. The molecule has 31 heavy (non-hydrogen) atoms. The number of rotatable bonds is 5. The Morgan fingerprint density at radius 1 is 1.03 bits per heavy atom. The first-order valence-corrected chi connectivity index (χ1v) is 10.5. The van der Waals surface area contributed by atoms with Crippen LogP contribution in [0, 0.1) is 0 Å². The van der Waals surface area contributed by atoms with Crippen molar-refractivity contribution in [3.8, 4) is 23.0 Å². The van der Waals surface area contributed by atoms with Gasteiger partial charge in [0.05, 0.1) is 23.2 Å². The summed E-state index contributed by atoms with van der Waals surface area (Å²) >= 11 is 1.30. The summed E-state index contributed by atoms with van der Waals surface area (Å²) < 4.78 is 29.1. The molecule has 2 aromatic carbocycles. The molecule has 0 atom stereocenters. The van der Waals surface area contributed by atoms with Gasteiger partial charge in [0.25, 0.3) is 5.91 Å². The molecule has 1 aromatic heterocycles. The van der Waals surface area contributed by atoms with Crippen molar-refractivity contribution in [2.75, 3.05) is 20.2 Å². The first-order chi connectivity index (χ1) is 15.1. The van der Waals surface area contributed by atoms with Crippen LogP contribution >= 0.6 is 11.3 Å². The van der Waals surface area contributed by atoms with Gasteiger partial charge in [-0.25, -0.2) is 0 Å². The maximum atomic E-state index is 12.7. The first kappa shape index (κ1) is 19.4. The van der Waals surface area contributed by atoms with Crippen LogP contribution in [0.1, 0.15) is 12.5 Å². The van der Waals surface area contributed by atoms with Gasteiger partial charge >= 0.3 is 5.97 Å². The molecule has 2 aliphatic rings. The molecule has 0 bridgehead atoms. The van der Waals surface area contributed by atoms with Crippen LogP contribution in [0.2, 0.25) is 0 Å². The Labute approximate surface area is 180 Å². The number of fused-ring (bicyclic) bond motifs is 3. The Balaban J connectivity index is 1.50. The molecule has 0 fully saturated rings. The van der Waals surface area contributed by atoms with Crippen LogP contribution in [-0.2, 0) is 27.3 Å². The van der Waals surface area contributed by atoms with Crippen LogP contribution < -0.4 is 23.7 Å². The van der Waals surface area contributed by atoms with Crippen LogP contribution in [-0.4, -0.2) is 36.6 Å². The number of amides is 1. The van der Waals surface area contributed by atoms with Crippen LogP contribution in [0.5, 0.6) is 23.0 Å². The lowest BCUT2D eigenvalue weighted by atomic mass is 10.1. The molecular formula is C21H18N2O7S. The van der Waals surface area contributed by atoms with Crippen molar-refractivity contribution in [1.29, 1.82) is 0 Å². The molecule has 0 N–H and O–H groups in total. The molecule has 0 radical (unpaired) electrons. The standard InChI is InChI=1S/C21H18N2O7S/c1-2-26-20(25)9-23-13-7-16-17(30-11-29-16)8-18(13)31-21(23)22-19(24)6-12-3-4-14-15(5-12)28-10-27-14/h3-5,7-8H,2,6,9-11H2,1H3. The van der Waals surface area contributed by atoms with Crippen molar-refractivity contribution in [2.24, 2.45) is 4.99 Å². The molecule has 5 rings (SSSR count). The fourth-order valence-electron chi connectivity index (χ4n) is 3.41. The number of carbonyl (C=O) groups is 2. The quantitative estimate of drug-likeness (QED) is 0.560. The number of nitrogens with zero attached hydrogens (tertiary/aromatic N) is 2. The monoisotopic (exact) mass is 442 g/mol.